The maximum Gasteiger partial charge on any atom is 0.338 e. The second-order valence-electron chi connectivity index (χ2n) is 2.44. The van der Waals surface area contributed by atoms with Gasteiger partial charge in [-0.1, -0.05) is 30.3 Å². The minimum Gasteiger partial charge on any atom is -0.467 e. The van der Waals surface area contributed by atoms with E-state index in [4.69, 9.17) is 0 Å². The Morgan fingerprint density at radius 3 is 2.46 bits per heavy atom. The highest BCUT2D eigenvalue weighted by molar-refractivity contribution is 5.77. The summed E-state index contributed by atoms with van der Waals surface area (Å²) in [6.07, 6.45) is 0. The van der Waals surface area contributed by atoms with Crippen molar-refractivity contribution < 1.29 is 9.53 Å². The maximum atomic E-state index is 11.0. The minimum atomic E-state index is -1.05. The van der Waals surface area contributed by atoms with Crippen LogP contribution < -0.4 is 0 Å². The largest absolute Gasteiger partial charge is 0.467 e. The highest BCUT2D eigenvalue weighted by Gasteiger charge is 2.21. The molecule has 0 amide bonds. The SMILES string of the molecule is COC(=O)C(N=O)c1ccccc1. The number of rotatable bonds is 3. The smallest absolute Gasteiger partial charge is 0.338 e. The fraction of sp³-hybridized carbons (Fsp3) is 0.222. The van der Waals surface area contributed by atoms with Gasteiger partial charge in [-0.25, -0.2) is 4.79 Å². The number of hydrogen-bond acceptors (Lipinski definition) is 4. The van der Waals surface area contributed by atoms with Gasteiger partial charge in [0.15, 0.2) is 0 Å². The van der Waals surface area contributed by atoms with Crippen LogP contribution in [-0.2, 0) is 9.53 Å². The van der Waals surface area contributed by atoms with Gasteiger partial charge in [-0.05, 0) is 10.7 Å². The molecule has 0 aliphatic rings. The second kappa shape index (κ2) is 4.35. The van der Waals surface area contributed by atoms with E-state index in [0.29, 0.717) is 5.56 Å². The summed E-state index contributed by atoms with van der Waals surface area (Å²) >= 11 is 0. The summed E-state index contributed by atoms with van der Waals surface area (Å²) in [7, 11) is 1.23. The predicted octanol–water partition coefficient (Wildman–Crippen LogP) is 1.67. The molecule has 4 heteroatoms. The number of esters is 1. The van der Waals surface area contributed by atoms with E-state index in [0.717, 1.165) is 0 Å². The number of nitroso groups, excluding NO2 is 1. The summed E-state index contributed by atoms with van der Waals surface area (Å²) < 4.78 is 4.42. The Bertz CT molecular complexity index is 297. The number of methoxy groups -OCH3 is 1. The average Bonchev–Trinajstić information content (AvgIpc) is 2.20. The molecule has 0 N–H and O–H groups in total. The van der Waals surface area contributed by atoms with Crippen LogP contribution in [0.15, 0.2) is 35.5 Å². The van der Waals surface area contributed by atoms with Gasteiger partial charge in [0.25, 0.3) is 0 Å². The molecule has 1 atom stereocenters. The first kappa shape index (κ1) is 9.38. The molecule has 1 unspecified atom stereocenters. The Hall–Kier alpha value is -1.71. The molecule has 1 aromatic rings. The third-order valence-electron chi connectivity index (χ3n) is 1.65. The van der Waals surface area contributed by atoms with Crippen LogP contribution in [0.4, 0.5) is 0 Å². The van der Waals surface area contributed by atoms with Gasteiger partial charge in [0.2, 0.25) is 6.04 Å². The molecule has 0 heterocycles. The molecule has 0 aromatic heterocycles. The normalized spacial score (nSPS) is 11.8. The van der Waals surface area contributed by atoms with E-state index in [1.54, 1.807) is 30.3 Å². The summed E-state index contributed by atoms with van der Waals surface area (Å²) in [5.41, 5.74) is 0.546. The molecule has 0 radical (unpaired) electrons. The Kier molecular flexibility index (Phi) is 3.14. The van der Waals surface area contributed by atoms with Gasteiger partial charge in [0.1, 0.15) is 0 Å². The lowest BCUT2D eigenvalue weighted by atomic mass is 10.1. The zero-order valence-electron chi connectivity index (χ0n) is 7.14. The van der Waals surface area contributed by atoms with Crippen LogP contribution in [0.1, 0.15) is 11.6 Å². The van der Waals surface area contributed by atoms with Crippen LogP contribution >= 0.6 is 0 Å². The van der Waals surface area contributed by atoms with Crippen molar-refractivity contribution in [3.05, 3.63) is 40.8 Å². The number of ether oxygens (including phenoxy) is 1. The predicted molar refractivity (Wildman–Crippen MR) is 47.0 cm³/mol. The molecule has 0 saturated heterocycles. The van der Waals surface area contributed by atoms with Crippen molar-refractivity contribution in [3.8, 4) is 0 Å². The van der Waals surface area contributed by atoms with Crippen molar-refractivity contribution in [2.75, 3.05) is 7.11 Å². The van der Waals surface area contributed by atoms with Gasteiger partial charge < -0.3 is 4.74 Å². The maximum absolute atomic E-state index is 11.0. The number of hydrogen-bond donors (Lipinski definition) is 0. The van der Waals surface area contributed by atoms with Crippen molar-refractivity contribution >= 4 is 5.97 Å². The molecule has 0 bridgehead atoms. The highest BCUT2D eigenvalue weighted by Crippen LogP contribution is 2.17. The van der Waals surface area contributed by atoms with E-state index < -0.39 is 12.0 Å². The third-order valence-corrected chi connectivity index (χ3v) is 1.65. The van der Waals surface area contributed by atoms with Crippen LogP contribution in [0.25, 0.3) is 0 Å². The molecule has 68 valence electrons. The van der Waals surface area contributed by atoms with E-state index in [-0.39, 0.29) is 0 Å². The van der Waals surface area contributed by atoms with E-state index >= 15 is 0 Å². The van der Waals surface area contributed by atoms with Gasteiger partial charge in [-0.15, -0.1) is 4.91 Å². The lowest BCUT2D eigenvalue weighted by molar-refractivity contribution is -0.142. The van der Waals surface area contributed by atoms with Crippen molar-refractivity contribution in [3.63, 3.8) is 0 Å². The summed E-state index contributed by atoms with van der Waals surface area (Å²) in [5, 5.41) is 2.70. The molecule has 0 aliphatic heterocycles. The Morgan fingerprint density at radius 1 is 1.38 bits per heavy atom. The summed E-state index contributed by atoms with van der Waals surface area (Å²) in [5.74, 6) is -0.638. The van der Waals surface area contributed by atoms with Crippen LogP contribution in [0.5, 0.6) is 0 Å². The summed E-state index contributed by atoms with van der Waals surface area (Å²) in [4.78, 5) is 21.4. The Labute approximate surface area is 75.5 Å². The van der Waals surface area contributed by atoms with Crippen LogP contribution in [0, 0.1) is 4.91 Å². The molecule has 1 rings (SSSR count). The van der Waals surface area contributed by atoms with Gasteiger partial charge in [-0.2, -0.15) is 0 Å². The second-order valence-corrected chi connectivity index (χ2v) is 2.44. The lowest BCUT2D eigenvalue weighted by Gasteiger charge is -2.05. The molecule has 0 aliphatic carbocycles. The number of carbonyl (C=O) groups is 1. The van der Waals surface area contributed by atoms with Crippen LogP contribution in [-0.4, -0.2) is 13.1 Å². The average molecular weight is 179 g/mol. The van der Waals surface area contributed by atoms with E-state index in [9.17, 15) is 9.70 Å². The number of carbonyl (C=O) groups excluding carboxylic acids is 1. The fourth-order valence-electron chi connectivity index (χ4n) is 0.987. The third kappa shape index (κ3) is 2.11. The molecular weight excluding hydrogens is 170 g/mol. The van der Waals surface area contributed by atoms with Gasteiger partial charge in [0, 0.05) is 0 Å². The van der Waals surface area contributed by atoms with Crippen LogP contribution in [0.3, 0.4) is 0 Å². The molecule has 1 aromatic carbocycles. The van der Waals surface area contributed by atoms with Crippen molar-refractivity contribution in [2.45, 2.75) is 6.04 Å². The first-order valence-corrected chi connectivity index (χ1v) is 3.75. The number of nitrogens with zero attached hydrogens (tertiary/aromatic N) is 1. The summed E-state index contributed by atoms with van der Waals surface area (Å²) in [6.45, 7) is 0. The van der Waals surface area contributed by atoms with E-state index in [1.807, 2.05) is 0 Å². The van der Waals surface area contributed by atoms with Crippen LogP contribution in [0.2, 0.25) is 0 Å². The van der Waals surface area contributed by atoms with Gasteiger partial charge >= 0.3 is 5.97 Å². The standard InChI is InChI=1S/C9H9NO3/c1-13-9(11)8(10-12)7-5-3-2-4-6-7/h2-6,8H,1H3. The minimum absolute atomic E-state index is 0.546. The molecular formula is C9H9NO3. The number of benzene rings is 1. The molecule has 13 heavy (non-hydrogen) atoms. The zero-order chi connectivity index (χ0) is 9.68. The fourth-order valence-corrected chi connectivity index (χ4v) is 0.987. The molecule has 0 saturated carbocycles. The monoisotopic (exact) mass is 179 g/mol. The van der Waals surface area contributed by atoms with Crippen molar-refractivity contribution in [1.82, 2.24) is 0 Å². The van der Waals surface area contributed by atoms with E-state index in [2.05, 4.69) is 9.91 Å². The topological polar surface area (TPSA) is 55.7 Å². The highest BCUT2D eigenvalue weighted by atomic mass is 16.5. The zero-order valence-corrected chi connectivity index (χ0v) is 7.14. The molecule has 4 nitrogen and oxygen atoms in total. The molecule has 0 fully saturated rings. The molecule has 0 spiro atoms. The summed E-state index contributed by atoms with van der Waals surface area (Å²) in [6, 6.07) is 7.52. The lowest BCUT2D eigenvalue weighted by Crippen LogP contribution is -2.11. The Morgan fingerprint density at radius 2 is 2.00 bits per heavy atom. The first-order chi connectivity index (χ1) is 6.29. The van der Waals surface area contributed by atoms with Gasteiger partial charge in [0.05, 0.1) is 7.11 Å². The van der Waals surface area contributed by atoms with Crippen molar-refractivity contribution in [1.29, 1.82) is 0 Å². The quantitative estimate of drug-likeness (QED) is 0.523. The van der Waals surface area contributed by atoms with Crippen molar-refractivity contribution in [2.24, 2.45) is 5.18 Å². The van der Waals surface area contributed by atoms with E-state index in [1.165, 1.54) is 7.11 Å². The van der Waals surface area contributed by atoms with Gasteiger partial charge in [-0.3, -0.25) is 0 Å². The first-order valence-electron chi connectivity index (χ1n) is 3.75. The Balaban J connectivity index is 2.91.